The van der Waals surface area contributed by atoms with Crippen LogP contribution in [0.25, 0.3) is 0 Å². The summed E-state index contributed by atoms with van der Waals surface area (Å²) in [5, 5.41) is 11.9. The number of imide groups is 1. The highest BCUT2D eigenvalue weighted by Gasteiger charge is 2.36. The number of rotatable bonds is 4. The van der Waals surface area contributed by atoms with Gasteiger partial charge in [-0.3, -0.25) is 9.69 Å². The number of amides is 3. The SMILES string of the molecule is CCCN1C(=O)N[C@H](Cc2ccc(O)cc2)C1=O. The third-order valence-corrected chi connectivity index (χ3v) is 2.93. The van der Waals surface area contributed by atoms with Crippen LogP contribution in [0, 0.1) is 0 Å². The van der Waals surface area contributed by atoms with Crippen molar-refractivity contribution >= 4 is 11.9 Å². The second kappa shape index (κ2) is 5.08. The zero-order chi connectivity index (χ0) is 13.1. The fourth-order valence-corrected chi connectivity index (χ4v) is 2.02. The number of hydrogen-bond acceptors (Lipinski definition) is 3. The summed E-state index contributed by atoms with van der Waals surface area (Å²) in [7, 11) is 0. The Kier molecular flexibility index (Phi) is 3.50. The largest absolute Gasteiger partial charge is 0.508 e. The van der Waals surface area contributed by atoms with E-state index in [2.05, 4.69) is 5.32 Å². The first kappa shape index (κ1) is 12.4. The summed E-state index contributed by atoms with van der Waals surface area (Å²) in [6.07, 6.45) is 1.20. The number of hydrogen-bond donors (Lipinski definition) is 2. The van der Waals surface area contributed by atoms with Gasteiger partial charge in [-0.05, 0) is 24.1 Å². The van der Waals surface area contributed by atoms with Gasteiger partial charge < -0.3 is 10.4 Å². The van der Waals surface area contributed by atoms with E-state index >= 15 is 0 Å². The Morgan fingerprint density at radius 2 is 1.94 bits per heavy atom. The van der Waals surface area contributed by atoms with Gasteiger partial charge in [0.05, 0.1) is 0 Å². The first-order valence-electron chi connectivity index (χ1n) is 6.01. The Labute approximate surface area is 105 Å². The van der Waals surface area contributed by atoms with Crippen molar-refractivity contribution < 1.29 is 14.7 Å². The molecule has 5 heteroatoms. The molecular weight excluding hydrogens is 232 g/mol. The molecule has 1 saturated heterocycles. The minimum atomic E-state index is -0.492. The summed E-state index contributed by atoms with van der Waals surface area (Å²) in [6.45, 7) is 2.38. The van der Waals surface area contributed by atoms with Crippen LogP contribution >= 0.6 is 0 Å². The van der Waals surface area contributed by atoms with Gasteiger partial charge >= 0.3 is 6.03 Å². The predicted octanol–water partition coefficient (Wildman–Crippen LogP) is 1.27. The Bertz CT molecular complexity index is 456. The summed E-state index contributed by atoms with van der Waals surface area (Å²) in [5.41, 5.74) is 0.907. The van der Waals surface area contributed by atoms with Crippen molar-refractivity contribution in [2.24, 2.45) is 0 Å². The topological polar surface area (TPSA) is 69.6 Å². The number of phenolic OH excluding ortho intramolecular Hbond substituents is 1. The average Bonchev–Trinajstić information content (AvgIpc) is 2.60. The van der Waals surface area contributed by atoms with Crippen molar-refractivity contribution in [2.75, 3.05) is 6.54 Å². The van der Waals surface area contributed by atoms with Gasteiger partial charge in [0.1, 0.15) is 11.8 Å². The summed E-state index contributed by atoms with van der Waals surface area (Å²) in [4.78, 5) is 24.8. The number of carbonyl (C=O) groups is 2. The lowest BCUT2D eigenvalue weighted by Gasteiger charge is -2.11. The van der Waals surface area contributed by atoms with Crippen LogP contribution in [0.15, 0.2) is 24.3 Å². The Balaban J connectivity index is 2.05. The molecule has 1 heterocycles. The van der Waals surface area contributed by atoms with E-state index in [1.54, 1.807) is 24.3 Å². The highest BCUT2D eigenvalue weighted by atomic mass is 16.3. The lowest BCUT2D eigenvalue weighted by atomic mass is 10.1. The van der Waals surface area contributed by atoms with Crippen molar-refractivity contribution in [1.29, 1.82) is 0 Å². The number of nitrogens with zero attached hydrogens (tertiary/aromatic N) is 1. The summed E-state index contributed by atoms with van der Waals surface area (Å²) < 4.78 is 0. The molecule has 0 bridgehead atoms. The molecule has 2 N–H and O–H groups in total. The summed E-state index contributed by atoms with van der Waals surface area (Å²) in [6, 6.07) is 5.83. The molecule has 18 heavy (non-hydrogen) atoms. The Morgan fingerprint density at radius 1 is 1.28 bits per heavy atom. The van der Waals surface area contributed by atoms with Crippen molar-refractivity contribution in [2.45, 2.75) is 25.8 Å². The number of carbonyl (C=O) groups excluding carboxylic acids is 2. The fraction of sp³-hybridized carbons (Fsp3) is 0.385. The van der Waals surface area contributed by atoms with Crippen LogP contribution in [0.4, 0.5) is 4.79 Å². The van der Waals surface area contributed by atoms with Crippen molar-refractivity contribution in [3.8, 4) is 5.75 Å². The molecule has 0 radical (unpaired) electrons. The average molecular weight is 248 g/mol. The number of nitrogens with one attached hydrogen (secondary N) is 1. The zero-order valence-electron chi connectivity index (χ0n) is 10.2. The first-order chi connectivity index (χ1) is 8.61. The molecule has 0 spiro atoms. The summed E-state index contributed by atoms with van der Waals surface area (Å²) in [5.74, 6) is 0.0167. The highest BCUT2D eigenvalue weighted by molar-refractivity contribution is 6.04. The van der Waals surface area contributed by atoms with Crippen molar-refractivity contribution in [3.05, 3.63) is 29.8 Å². The van der Waals surface area contributed by atoms with Crippen LogP contribution in [-0.4, -0.2) is 34.5 Å². The quantitative estimate of drug-likeness (QED) is 0.788. The lowest BCUT2D eigenvalue weighted by molar-refractivity contribution is -0.127. The Morgan fingerprint density at radius 3 is 2.56 bits per heavy atom. The molecule has 5 nitrogen and oxygen atoms in total. The molecule has 0 aromatic heterocycles. The number of aromatic hydroxyl groups is 1. The van der Waals surface area contributed by atoms with Crippen LogP contribution in [0.3, 0.4) is 0 Å². The third-order valence-electron chi connectivity index (χ3n) is 2.93. The second-order valence-electron chi connectivity index (χ2n) is 4.36. The maximum absolute atomic E-state index is 12.0. The van der Waals surface area contributed by atoms with E-state index in [0.717, 1.165) is 12.0 Å². The van der Waals surface area contributed by atoms with E-state index in [9.17, 15) is 14.7 Å². The summed E-state index contributed by atoms with van der Waals surface area (Å²) >= 11 is 0. The minimum absolute atomic E-state index is 0.171. The van der Waals surface area contributed by atoms with Crippen LogP contribution in [0.5, 0.6) is 5.75 Å². The number of phenols is 1. The molecule has 1 atom stereocenters. The van der Waals surface area contributed by atoms with Crippen LogP contribution in [0.1, 0.15) is 18.9 Å². The zero-order valence-corrected chi connectivity index (χ0v) is 10.2. The number of benzene rings is 1. The van der Waals surface area contributed by atoms with Gasteiger partial charge in [-0.25, -0.2) is 4.79 Å². The molecule has 1 aliphatic rings. The smallest absolute Gasteiger partial charge is 0.324 e. The normalized spacial score (nSPS) is 19.2. The van der Waals surface area contributed by atoms with Crippen LogP contribution in [0.2, 0.25) is 0 Å². The van der Waals surface area contributed by atoms with E-state index in [0.29, 0.717) is 13.0 Å². The first-order valence-corrected chi connectivity index (χ1v) is 6.01. The molecule has 0 aliphatic carbocycles. The van der Waals surface area contributed by atoms with Gasteiger partial charge in [0.25, 0.3) is 5.91 Å². The molecule has 0 saturated carbocycles. The van der Waals surface area contributed by atoms with Gasteiger partial charge in [0.15, 0.2) is 0 Å². The second-order valence-corrected chi connectivity index (χ2v) is 4.36. The van der Waals surface area contributed by atoms with Crippen LogP contribution < -0.4 is 5.32 Å². The highest BCUT2D eigenvalue weighted by Crippen LogP contribution is 2.15. The molecule has 96 valence electrons. The maximum atomic E-state index is 12.0. The van der Waals surface area contributed by atoms with Crippen molar-refractivity contribution in [1.82, 2.24) is 10.2 Å². The van der Waals surface area contributed by atoms with E-state index in [1.807, 2.05) is 6.92 Å². The fourth-order valence-electron chi connectivity index (χ4n) is 2.02. The van der Waals surface area contributed by atoms with E-state index < -0.39 is 6.04 Å². The predicted molar refractivity (Wildman–Crippen MR) is 66.1 cm³/mol. The Hall–Kier alpha value is -2.04. The molecule has 2 rings (SSSR count). The molecule has 1 fully saturated rings. The van der Waals surface area contributed by atoms with Gasteiger partial charge in [-0.15, -0.1) is 0 Å². The molecule has 1 aromatic rings. The molecule has 0 unspecified atom stereocenters. The van der Waals surface area contributed by atoms with Gasteiger partial charge in [-0.2, -0.15) is 0 Å². The minimum Gasteiger partial charge on any atom is -0.508 e. The van der Waals surface area contributed by atoms with Crippen molar-refractivity contribution in [3.63, 3.8) is 0 Å². The molecule has 1 aliphatic heterocycles. The van der Waals surface area contributed by atoms with Crippen LogP contribution in [-0.2, 0) is 11.2 Å². The number of urea groups is 1. The van der Waals surface area contributed by atoms with E-state index in [-0.39, 0.29) is 17.7 Å². The van der Waals surface area contributed by atoms with E-state index in [1.165, 1.54) is 4.90 Å². The third kappa shape index (κ3) is 2.45. The van der Waals surface area contributed by atoms with Gasteiger partial charge in [0.2, 0.25) is 0 Å². The van der Waals surface area contributed by atoms with Gasteiger partial charge in [0, 0.05) is 13.0 Å². The molecular formula is C13H16N2O3. The molecule has 3 amide bonds. The van der Waals surface area contributed by atoms with E-state index in [4.69, 9.17) is 0 Å². The standard InChI is InChI=1S/C13H16N2O3/c1-2-7-15-12(17)11(14-13(15)18)8-9-3-5-10(16)6-4-9/h3-6,11,16H,2,7-8H2,1H3,(H,14,18)/t11-/m1/s1. The lowest BCUT2D eigenvalue weighted by Crippen LogP contribution is -2.32. The molecule has 1 aromatic carbocycles. The maximum Gasteiger partial charge on any atom is 0.324 e. The monoisotopic (exact) mass is 248 g/mol. The van der Waals surface area contributed by atoms with Gasteiger partial charge in [-0.1, -0.05) is 19.1 Å².